The zero-order chi connectivity index (χ0) is 34.1. The molecule has 0 aromatic heterocycles. The van der Waals surface area contributed by atoms with Gasteiger partial charge >= 0.3 is 0 Å². The summed E-state index contributed by atoms with van der Waals surface area (Å²) in [4.78, 5) is 2.51. The minimum absolute atomic E-state index is 0.0892. The van der Waals surface area contributed by atoms with Crippen LogP contribution >= 0.6 is 0 Å². The summed E-state index contributed by atoms with van der Waals surface area (Å²) < 4.78 is 19.9. The molecule has 0 unspecified atom stereocenters. The van der Waals surface area contributed by atoms with Gasteiger partial charge in [0, 0.05) is 19.1 Å². The molecule has 5 heteroatoms. The van der Waals surface area contributed by atoms with E-state index in [4.69, 9.17) is 14.2 Å². The van der Waals surface area contributed by atoms with E-state index < -0.39 is 18.3 Å². The number of aliphatic hydroxyl groups is 1. The third-order valence-electron chi connectivity index (χ3n) is 8.69. The van der Waals surface area contributed by atoms with E-state index in [1.54, 1.807) is 0 Å². The molecule has 0 spiro atoms. The Morgan fingerprint density at radius 3 is 1.27 bits per heavy atom. The van der Waals surface area contributed by atoms with E-state index in [2.05, 4.69) is 104 Å². The molecule has 5 rings (SSSR count). The summed E-state index contributed by atoms with van der Waals surface area (Å²) in [6, 6.07) is 51.6. The van der Waals surface area contributed by atoms with E-state index in [0.717, 1.165) is 36.2 Å². The van der Waals surface area contributed by atoms with Gasteiger partial charge < -0.3 is 19.3 Å². The molecule has 1 N–H and O–H groups in total. The Hall–Kier alpha value is -4.10. The fourth-order valence-electron chi connectivity index (χ4n) is 6.25. The van der Waals surface area contributed by atoms with Crippen LogP contribution in [0, 0.1) is 5.92 Å². The van der Waals surface area contributed by atoms with E-state index >= 15 is 0 Å². The predicted molar refractivity (Wildman–Crippen MR) is 198 cm³/mol. The molecule has 0 bridgehead atoms. The Kier molecular flexibility index (Phi) is 14.6. The number of rotatable bonds is 20. The van der Waals surface area contributed by atoms with Gasteiger partial charge in [0.25, 0.3) is 0 Å². The Morgan fingerprint density at radius 1 is 0.490 bits per heavy atom. The second-order valence-electron chi connectivity index (χ2n) is 13.2. The highest BCUT2D eigenvalue weighted by Gasteiger charge is 2.39. The lowest BCUT2D eigenvalue weighted by molar-refractivity contribution is -0.170. The summed E-state index contributed by atoms with van der Waals surface area (Å²) >= 11 is 0. The number of ether oxygens (including phenoxy) is 3. The maximum absolute atomic E-state index is 12.0. The third-order valence-corrected chi connectivity index (χ3v) is 8.69. The van der Waals surface area contributed by atoms with E-state index in [0.29, 0.717) is 25.7 Å². The number of benzene rings is 5. The van der Waals surface area contributed by atoms with Crippen molar-refractivity contribution in [3.8, 4) is 0 Å². The highest BCUT2D eigenvalue weighted by Crippen LogP contribution is 2.28. The molecule has 4 atom stereocenters. The maximum Gasteiger partial charge on any atom is 0.114 e. The van der Waals surface area contributed by atoms with Crippen molar-refractivity contribution >= 4 is 0 Å². The van der Waals surface area contributed by atoms with Gasteiger partial charge in [-0.2, -0.15) is 0 Å². The third kappa shape index (κ3) is 12.1. The lowest BCUT2D eigenvalue weighted by Crippen LogP contribution is -2.55. The number of hydrogen-bond acceptors (Lipinski definition) is 5. The van der Waals surface area contributed by atoms with E-state index in [1.165, 1.54) is 11.1 Å². The topological polar surface area (TPSA) is 51.2 Å². The molecule has 0 fully saturated rings. The molecule has 5 nitrogen and oxygen atoms in total. The fraction of sp³-hybridized carbons (Fsp3) is 0.318. The molecule has 0 saturated carbocycles. The van der Waals surface area contributed by atoms with Crippen molar-refractivity contribution in [1.29, 1.82) is 0 Å². The summed E-state index contributed by atoms with van der Waals surface area (Å²) in [5.41, 5.74) is 5.62. The Balaban J connectivity index is 1.51. The van der Waals surface area contributed by atoms with Gasteiger partial charge in [-0.1, -0.05) is 166 Å². The molecule has 0 saturated heterocycles. The van der Waals surface area contributed by atoms with Crippen LogP contribution in [0.15, 0.2) is 152 Å². The average molecular weight is 658 g/mol. The average Bonchev–Trinajstić information content (AvgIpc) is 3.14. The molecule has 256 valence electrons. The van der Waals surface area contributed by atoms with Crippen LogP contribution in [-0.4, -0.2) is 41.0 Å². The summed E-state index contributed by atoms with van der Waals surface area (Å²) in [5, 5.41) is 12.0. The van der Waals surface area contributed by atoms with Gasteiger partial charge in [0.1, 0.15) is 18.3 Å². The number of nitrogens with zero attached hydrogens (tertiary/aromatic N) is 1. The summed E-state index contributed by atoms with van der Waals surface area (Å²) in [5.74, 6) is 0.364. The highest BCUT2D eigenvalue weighted by molar-refractivity contribution is 5.19. The van der Waals surface area contributed by atoms with Crippen molar-refractivity contribution in [3.63, 3.8) is 0 Å². The first-order chi connectivity index (χ1) is 24.0. The lowest BCUT2D eigenvalue weighted by atomic mass is 9.91. The van der Waals surface area contributed by atoms with Crippen LogP contribution in [0.1, 0.15) is 48.1 Å². The lowest BCUT2D eigenvalue weighted by Gasteiger charge is -2.42. The van der Waals surface area contributed by atoms with Gasteiger partial charge in [-0.25, -0.2) is 0 Å². The van der Waals surface area contributed by atoms with Crippen LogP contribution in [-0.2, 0) is 47.1 Å². The van der Waals surface area contributed by atoms with Crippen LogP contribution in [0.4, 0.5) is 0 Å². The van der Waals surface area contributed by atoms with Gasteiger partial charge in [0.15, 0.2) is 0 Å². The zero-order valence-corrected chi connectivity index (χ0v) is 28.9. The minimum atomic E-state index is -0.932. The monoisotopic (exact) mass is 657 g/mol. The van der Waals surface area contributed by atoms with Crippen LogP contribution in [0.2, 0.25) is 0 Å². The fourth-order valence-corrected chi connectivity index (χ4v) is 6.25. The minimum Gasteiger partial charge on any atom is -0.388 e. The van der Waals surface area contributed by atoms with Crippen LogP contribution < -0.4 is 0 Å². The van der Waals surface area contributed by atoms with Gasteiger partial charge in [-0.05, 0) is 40.2 Å². The van der Waals surface area contributed by atoms with E-state index in [-0.39, 0.29) is 12.6 Å². The molecule has 0 heterocycles. The summed E-state index contributed by atoms with van der Waals surface area (Å²) in [7, 11) is 0. The molecule has 0 amide bonds. The SMILES string of the molecule is CC(C)C[C@H]([C@@H](OCc1ccccc1)[C@H](OCc1ccccc1)[C@H](O)COCc1ccccc1)N(Cc1ccccc1)Cc1ccccc1. The molecule has 0 aliphatic carbocycles. The molecule has 0 aliphatic rings. The van der Waals surface area contributed by atoms with Crippen LogP contribution in [0.5, 0.6) is 0 Å². The maximum atomic E-state index is 12.0. The second-order valence-corrected chi connectivity index (χ2v) is 13.2. The van der Waals surface area contributed by atoms with Crippen molar-refractivity contribution in [1.82, 2.24) is 4.90 Å². The summed E-state index contributed by atoms with van der Waals surface area (Å²) in [6.07, 6.45) is -1.23. The Morgan fingerprint density at radius 2 is 0.857 bits per heavy atom. The predicted octanol–water partition coefficient (Wildman–Crippen LogP) is 8.85. The molecule has 0 aliphatic heterocycles. The highest BCUT2D eigenvalue weighted by atomic mass is 16.6. The van der Waals surface area contributed by atoms with Crippen LogP contribution in [0.3, 0.4) is 0 Å². The first-order valence-corrected chi connectivity index (χ1v) is 17.5. The smallest absolute Gasteiger partial charge is 0.114 e. The summed E-state index contributed by atoms with van der Waals surface area (Å²) in [6.45, 7) is 7.22. The molecule has 5 aromatic rings. The zero-order valence-electron chi connectivity index (χ0n) is 28.9. The van der Waals surface area contributed by atoms with Gasteiger partial charge in [0.05, 0.1) is 26.4 Å². The van der Waals surface area contributed by atoms with Gasteiger partial charge in [0.2, 0.25) is 0 Å². The molecule has 49 heavy (non-hydrogen) atoms. The van der Waals surface area contributed by atoms with Gasteiger partial charge in [-0.3, -0.25) is 4.90 Å². The van der Waals surface area contributed by atoms with Crippen molar-refractivity contribution in [2.75, 3.05) is 6.61 Å². The number of hydrogen-bond donors (Lipinski definition) is 1. The number of aliphatic hydroxyl groups excluding tert-OH is 1. The van der Waals surface area contributed by atoms with E-state index in [1.807, 2.05) is 66.7 Å². The molecular weight excluding hydrogens is 606 g/mol. The first kappa shape index (κ1) is 36.2. The quantitative estimate of drug-likeness (QED) is 0.0907. The van der Waals surface area contributed by atoms with E-state index in [9.17, 15) is 5.11 Å². The van der Waals surface area contributed by atoms with Crippen molar-refractivity contribution in [2.24, 2.45) is 5.92 Å². The van der Waals surface area contributed by atoms with Crippen molar-refractivity contribution in [3.05, 3.63) is 179 Å². The molecular formula is C44H51NO4. The van der Waals surface area contributed by atoms with Crippen LogP contribution in [0.25, 0.3) is 0 Å². The van der Waals surface area contributed by atoms with Crippen molar-refractivity contribution in [2.45, 2.75) is 77.5 Å². The Labute approximate surface area is 293 Å². The normalized spacial score (nSPS) is 14.1. The first-order valence-electron chi connectivity index (χ1n) is 17.5. The Bertz CT molecular complexity index is 1530. The second kappa shape index (κ2) is 19.8. The molecule has 0 radical (unpaired) electrons. The standard InChI is InChI=1S/C44H51NO4/c1-35(2)28-41(45(29-36-18-8-3-9-19-36)30-37-20-10-4-11-21-37)43(48-32-39-24-14-6-15-25-39)44(49-33-40-26-16-7-17-27-40)42(46)34-47-31-38-22-12-5-13-23-38/h3-27,35,41-44,46H,28-34H2,1-2H3/t41-,42-,43-,44-/m1/s1. The van der Waals surface area contributed by atoms with Gasteiger partial charge in [-0.15, -0.1) is 0 Å². The largest absolute Gasteiger partial charge is 0.388 e. The molecule has 5 aromatic carbocycles. The van der Waals surface area contributed by atoms with Crippen molar-refractivity contribution < 1.29 is 19.3 Å².